The number of imidazole rings is 1. The Bertz CT molecular complexity index is 1810. The van der Waals surface area contributed by atoms with Crippen molar-refractivity contribution in [2.24, 2.45) is 0 Å². The number of aliphatic hydroxyl groups is 2. The summed E-state index contributed by atoms with van der Waals surface area (Å²) in [6.07, 6.45) is -1.48. The number of aryl methyl sites for hydroxylation is 1. The second-order valence-electron chi connectivity index (χ2n) is 11.6. The van der Waals surface area contributed by atoms with Gasteiger partial charge >= 0.3 is 13.7 Å². The summed E-state index contributed by atoms with van der Waals surface area (Å²) in [6.45, 7) is 4.14. The number of rotatable bonds is 11. The van der Waals surface area contributed by atoms with Gasteiger partial charge in [0.05, 0.1) is 13.7 Å². The highest BCUT2D eigenvalue weighted by atomic mass is 127. The molecule has 2 aromatic carbocycles. The molecule has 0 bridgehead atoms. The van der Waals surface area contributed by atoms with E-state index in [-0.39, 0.29) is 17.7 Å². The Kier molecular flexibility index (Phi) is 9.28. The topological polar surface area (TPSA) is 176 Å². The zero-order valence-electron chi connectivity index (χ0n) is 25.6. The first-order valence-corrected chi connectivity index (χ1v) is 17.4. The van der Waals surface area contributed by atoms with E-state index >= 15 is 0 Å². The lowest BCUT2D eigenvalue weighted by Crippen LogP contribution is -2.45. The molecule has 14 nitrogen and oxygen atoms in total. The maximum atomic E-state index is 14.4. The third-order valence-electron chi connectivity index (χ3n) is 8.18. The number of nitrogens with zero attached hydrogens (tertiary/aromatic N) is 4. The number of esters is 1. The van der Waals surface area contributed by atoms with Crippen molar-refractivity contribution in [1.29, 1.82) is 0 Å². The molecule has 1 saturated heterocycles. The molecule has 16 heteroatoms. The van der Waals surface area contributed by atoms with Crippen LogP contribution in [0, 0.1) is 10.8 Å². The van der Waals surface area contributed by atoms with Gasteiger partial charge in [0, 0.05) is 28.0 Å². The summed E-state index contributed by atoms with van der Waals surface area (Å²) in [6, 6.07) is 11.6. The SMILES string of the molecule is COc1nc(C)nc2c1nc(I)n2[C@@H]1O[C@H](COP(=O)(N[C@@H](C)C(=O)OC2CCC2)Oc2cccc3ccccc23)[C@@H](O)[C@@]1(C)O. The van der Waals surface area contributed by atoms with Crippen molar-refractivity contribution < 1.29 is 42.8 Å². The molecule has 0 amide bonds. The second kappa shape index (κ2) is 12.9. The summed E-state index contributed by atoms with van der Waals surface area (Å²) in [5, 5.41) is 27.0. The highest BCUT2D eigenvalue weighted by Crippen LogP contribution is 2.49. The molecule has 1 aliphatic carbocycles. The normalized spacial score (nSPS) is 25.2. The molecule has 2 aliphatic rings. The van der Waals surface area contributed by atoms with E-state index in [9.17, 15) is 19.6 Å². The number of methoxy groups -OCH3 is 1. The predicted molar refractivity (Wildman–Crippen MR) is 174 cm³/mol. The average molecular weight is 768 g/mol. The first-order chi connectivity index (χ1) is 21.9. The van der Waals surface area contributed by atoms with Crippen molar-refractivity contribution >= 4 is 58.2 Å². The van der Waals surface area contributed by atoms with Crippen LogP contribution in [0.4, 0.5) is 0 Å². The van der Waals surface area contributed by atoms with Gasteiger partial charge in [0.25, 0.3) is 0 Å². The van der Waals surface area contributed by atoms with Crippen LogP contribution in [0.15, 0.2) is 42.5 Å². The lowest BCUT2D eigenvalue weighted by molar-refractivity contribution is -0.154. The van der Waals surface area contributed by atoms with Crippen LogP contribution in [0.1, 0.15) is 45.2 Å². The van der Waals surface area contributed by atoms with Crippen LogP contribution in [0.2, 0.25) is 0 Å². The van der Waals surface area contributed by atoms with Crippen molar-refractivity contribution in [1.82, 2.24) is 24.6 Å². The molecule has 246 valence electrons. The van der Waals surface area contributed by atoms with E-state index in [0.29, 0.717) is 26.2 Å². The molecular weight excluding hydrogens is 732 g/mol. The molecule has 3 N–H and O–H groups in total. The van der Waals surface area contributed by atoms with Gasteiger partial charge in [-0.15, -0.1) is 0 Å². The zero-order valence-corrected chi connectivity index (χ0v) is 28.7. The van der Waals surface area contributed by atoms with Crippen LogP contribution < -0.4 is 14.3 Å². The van der Waals surface area contributed by atoms with Gasteiger partial charge in [-0.1, -0.05) is 36.4 Å². The van der Waals surface area contributed by atoms with Crippen molar-refractivity contribution in [2.45, 2.75) is 76.2 Å². The number of halogens is 1. The minimum Gasteiger partial charge on any atom is -0.479 e. The van der Waals surface area contributed by atoms with E-state index in [4.69, 9.17) is 23.3 Å². The largest absolute Gasteiger partial charge is 0.479 e. The van der Waals surface area contributed by atoms with Crippen LogP contribution in [-0.2, 0) is 23.4 Å². The monoisotopic (exact) mass is 767 g/mol. The van der Waals surface area contributed by atoms with Gasteiger partial charge in [0.15, 0.2) is 21.2 Å². The number of aromatic nitrogens is 4. The molecule has 1 unspecified atom stereocenters. The highest BCUT2D eigenvalue weighted by Gasteiger charge is 2.55. The lowest BCUT2D eigenvalue weighted by Gasteiger charge is -2.29. The van der Waals surface area contributed by atoms with E-state index in [2.05, 4.69) is 20.0 Å². The number of aliphatic hydroxyl groups excluding tert-OH is 1. The Balaban J connectivity index is 1.27. The van der Waals surface area contributed by atoms with Gasteiger partial charge in [0.2, 0.25) is 5.88 Å². The molecular formula is C30H35IN5O9P. The Hall–Kier alpha value is -2.92. The first kappa shape index (κ1) is 33.0. The van der Waals surface area contributed by atoms with Gasteiger partial charge < -0.3 is 28.9 Å². The average Bonchev–Trinajstić information content (AvgIpc) is 3.44. The number of ether oxygens (including phenoxy) is 3. The van der Waals surface area contributed by atoms with Crippen LogP contribution in [0.25, 0.3) is 21.9 Å². The van der Waals surface area contributed by atoms with E-state index < -0.39 is 50.4 Å². The third kappa shape index (κ3) is 6.33. The molecule has 0 radical (unpaired) electrons. The van der Waals surface area contributed by atoms with Crippen molar-refractivity contribution in [3.05, 3.63) is 52.1 Å². The number of carbonyl (C=O) groups is 1. The lowest BCUT2D eigenvalue weighted by atomic mass is 9.96. The Morgan fingerprint density at radius 2 is 1.96 bits per heavy atom. The fourth-order valence-corrected chi connectivity index (χ4v) is 7.68. The maximum absolute atomic E-state index is 14.4. The molecule has 4 aromatic rings. The summed E-state index contributed by atoms with van der Waals surface area (Å²) in [5.74, 6) is 0.321. The molecule has 0 spiro atoms. The van der Waals surface area contributed by atoms with Crippen molar-refractivity contribution in [3.8, 4) is 11.6 Å². The van der Waals surface area contributed by atoms with E-state index in [1.165, 1.54) is 21.0 Å². The number of fused-ring (bicyclic) bond motifs is 2. The summed E-state index contributed by atoms with van der Waals surface area (Å²) >= 11 is 1.97. The van der Waals surface area contributed by atoms with Crippen LogP contribution in [0.3, 0.4) is 0 Å². The Labute approximate surface area is 278 Å². The molecule has 6 atom stereocenters. The minimum absolute atomic E-state index is 0.173. The number of carbonyl (C=O) groups excluding carboxylic acids is 1. The smallest absolute Gasteiger partial charge is 0.459 e. The van der Waals surface area contributed by atoms with E-state index in [1.54, 1.807) is 23.6 Å². The number of hydrogen-bond acceptors (Lipinski definition) is 12. The predicted octanol–water partition coefficient (Wildman–Crippen LogP) is 4.19. The summed E-state index contributed by atoms with van der Waals surface area (Å²) in [5.41, 5.74) is -1.18. The fourth-order valence-electron chi connectivity index (χ4n) is 5.44. The standard InChI is InChI=1S/C30H35IN5O9P/c1-16(27(38)43-19-11-8-12-19)35-46(40,45-21-14-7-10-18-9-5-6-13-20(18)21)42-15-22-24(37)30(3,39)28(44-22)36-25-23(34-29(36)31)26(41-4)33-17(2)32-25/h5-7,9-10,13-14,16,19,22,24,28,37,39H,8,11-12,15H2,1-4H3,(H,35,40)/t16-,22+,24+,28+,30+,46?/m0/s1. The second-order valence-corrected chi connectivity index (χ2v) is 14.3. The third-order valence-corrected chi connectivity index (χ3v) is 10.6. The summed E-state index contributed by atoms with van der Waals surface area (Å²) < 4.78 is 45.3. The van der Waals surface area contributed by atoms with Crippen molar-refractivity contribution in [3.63, 3.8) is 0 Å². The van der Waals surface area contributed by atoms with Crippen LogP contribution in [-0.4, -0.2) is 79.4 Å². The quantitative estimate of drug-likeness (QED) is 0.0859. The summed E-state index contributed by atoms with van der Waals surface area (Å²) in [4.78, 5) is 26.1. The fraction of sp³-hybridized carbons (Fsp3) is 0.467. The van der Waals surface area contributed by atoms with E-state index in [0.717, 1.165) is 24.6 Å². The molecule has 3 heterocycles. The van der Waals surface area contributed by atoms with Crippen LogP contribution in [0.5, 0.6) is 11.6 Å². The molecule has 2 aromatic heterocycles. The van der Waals surface area contributed by atoms with Gasteiger partial charge in [-0.2, -0.15) is 10.1 Å². The molecule has 1 aliphatic heterocycles. The molecule has 1 saturated carbocycles. The number of nitrogens with one attached hydrogen (secondary N) is 1. The number of benzene rings is 2. The number of hydrogen-bond donors (Lipinski definition) is 3. The minimum atomic E-state index is -4.34. The van der Waals surface area contributed by atoms with Crippen LogP contribution >= 0.6 is 30.3 Å². The summed E-state index contributed by atoms with van der Waals surface area (Å²) in [7, 11) is -2.87. The molecule has 2 fully saturated rings. The van der Waals surface area contributed by atoms with Gasteiger partial charge in [-0.3, -0.25) is 13.9 Å². The first-order valence-electron chi connectivity index (χ1n) is 14.8. The molecule has 46 heavy (non-hydrogen) atoms. The highest BCUT2D eigenvalue weighted by molar-refractivity contribution is 14.1. The van der Waals surface area contributed by atoms with E-state index in [1.807, 2.05) is 52.9 Å². The Morgan fingerprint density at radius 3 is 2.67 bits per heavy atom. The van der Waals surface area contributed by atoms with Gasteiger partial charge in [-0.25, -0.2) is 14.5 Å². The van der Waals surface area contributed by atoms with Crippen molar-refractivity contribution in [2.75, 3.05) is 13.7 Å². The van der Waals surface area contributed by atoms with Gasteiger partial charge in [0.1, 0.15) is 41.5 Å². The zero-order chi connectivity index (χ0) is 32.8. The molecule has 6 rings (SSSR count). The Morgan fingerprint density at radius 1 is 1.22 bits per heavy atom. The maximum Gasteiger partial charge on any atom is 0.459 e. The van der Waals surface area contributed by atoms with Gasteiger partial charge in [-0.05, 0) is 51.5 Å².